The fourth-order valence-corrected chi connectivity index (χ4v) is 8.71. The van der Waals surface area contributed by atoms with Gasteiger partial charge in [0.1, 0.15) is 13.2 Å². The van der Waals surface area contributed by atoms with E-state index in [1.54, 1.807) is 0 Å². The van der Waals surface area contributed by atoms with Crippen LogP contribution in [0.2, 0.25) is 0 Å². The van der Waals surface area contributed by atoms with Gasteiger partial charge in [0.15, 0.2) is 6.10 Å². The number of hydrogen-bond acceptors (Lipinski definition) is 6. The molecule has 0 spiro atoms. The SMILES string of the molecule is CC/C=C\C/C=C\C/C=C\C/C=C\C/C=C\C/C=C\CCC(=O)OC(COC(=O)CCCCCCCCCC)COC(=O)CCCCCCCCCCCCCCCCCCCCCCCCCCCC. The molecule has 1 atom stereocenters. The van der Waals surface area contributed by atoms with Gasteiger partial charge in [0.25, 0.3) is 0 Å². The van der Waals surface area contributed by atoms with E-state index in [-0.39, 0.29) is 37.5 Å². The van der Waals surface area contributed by atoms with Crippen LogP contribution in [-0.2, 0) is 28.6 Å². The molecule has 6 heteroatoms. The summed E-state index contributed by atoms with van der Waals surface area (Å²) in [4.78, 5) is 38.0. The average Bonchev–Trinajstić information content (AvgIpc) is 3.37. The van der Waals surface area contributed by atoms with Crippen LogP contribution in [-0.4, -0.2) is 37.2 Å². The highest BCUT2D eigenvalue weighted by Crippen LogP contribution is 2.17. The summed E-state index contributed by atoms with van der Waals surface area (Å²) in [5.41, 5.74) is 0. The highest BCUT2D eigenvalue weighted by atomic mass is 16.6. The van der Waals surface area contributed by atoms with Crippen LogP contribution in [0.1, 0.15) is 303 Å². The van der Waals surface area contributed by atoms with Gasteiger partial charge < -0.3 is 14.2 Å². The average molecular weight is 992 g/mol. The van der Waals surface area contributed by atoms with E-state index in [0.717, 1.165) is 77.0 Å². The van der Waals surface area contributed by atoms with Crippen LogP contribution >= 0.6 is 0 Å². The summed E-state index contributed by atoms with van der Waals surface area (Å²) in [6.45, 7) is 6.46. The van der Waals surface area contributed by atoms with Crippen molar-refractivity contribution in [3.63, 3.8) is 0 Å². The number of rotatable bonds is 55. The van der Waals surface area contributed by atoms with E-state index in [4.69, 9.17) is 14.2 Å². The highest BCUT2D eigenvalue weighted by molar-refractivity contribution is 5.71. The molecule has 6 nitrogen and oxygen atoms in total. The normalized spacial score (nSPS) is 12.5. The third-order valence-corrected chi connectivity index (χ3v) is 13.2. The largest absolute Gasteiger partial charge is 0.462 e. The lowest BCUT2D eigenvalue weighted by Gasteiger charge is -2.18. The Balaban J connectivity index is 4.22. The molecule has 1 unspecified atom stereocenters. The quantitative estimate of drug-likeness (QED) is 0.0261. The van der Waals surface area contributed by atoms with Crippen molar-refractivity contribution < 1.29 is 28.6 Å². The van der Waals surface area contributed by atoms with Crippen LogP contribution in [0.4, 0.5) is 0 Å². The molecule has 0 N–H and O–H groups in total. The van der Waals surface area contributed by atoms with E-state index in [0.29, 0.717) is 19.3 Å². The number of unbranched alkanes of at least 4 members (excludes halogenated alkanes) is 32. The number of esters is 3. The maximum Gasteiger partial charge on any atom is 0.306 e. The topological polar surface area (TPSA) is 78.9 Å². The second-order valence-corrected chi connectivity index (χ2v) is 20.2. The van der Waals surface area contributed by atoms with E-state index in [1.807, 2.05) is 6.08 Å². The number of ether oxygens (including phenoxy) is 3. The first-order valence-corrected chi connectivity index (χ1v) is 30.4. The molecule has 0 fully saturated rings. The van der Waals surface area contributed by atoms with Crippen molar-refractivity contribution in [2.24, 2.45) is 0 Å². The van der Waals surface area contributed by atoms with E-state index in [2.05, 4.69) is 87.6 Å². The molecule has 0 radical (unpaired) electrons. The van der Waals surface area contributed by atoms with Crippen molar-refractivity contribution >= 4 is 17.9 Å². The minimum absolute atomic E-state index is 0.102. The van der Waals surface area contributed by atoms with Gasteiger partial charge in [0, 0.05) is 19.3 Å². The molecule has 0 aromatic rings. The van der Waals surface area contributed by atoms with Crippen molar-refractivity contribution in [1.82, 2.24) is 0 Å². The van der Waals surface area contributed by atoms with E-state index < -0.39 is 6.10 Å². The molecular weight excluding hydrogens is 877 g/mol. The van der Waals surface area contributed by atoms with E-state index >= 15 is 0 Å². The zero-order valence-electron chi connectivity index (χ0n) is 47.0. The molecule has 0 aliphatic heterocycles. The van der Waals surface area contributed by atoms with Gasteiger partial charge in [-0.05, 0) is 57.8 Å². The third kappa shape index (κ3) is 57.6. The molecule has 0 rings (SSSR count). The first-order valence-electron chi connectivity index (χ1n) is 30.4. The van der Waals surface area contributed by atoms with Gasteiger partial charge in [0.05, 0.1) is 0 Å². The second-order valence-electron chi connectivity index (χ2n) is 20.2. The molecule has 0 aliphatic rings. The van der Waals surface area contributed by atoms with Crippen LogP contribution in [0.15, 0.2) is 72.9 Å². The molecule has 0 bridgehead atoms. The Hall–Kier alpha value is -3.15. The van der Waals surface area contributed by atoms with Crippen molar-refractivity contribution in [3.8, 4) is 0 Å². The molecule has 0 aliphatic carbocycles. The van der Waals surface area contributed by atoms with Crippen LogP contribution in [0.25, 0.3) is 0 Å². The molecule has 0 saturated heterocycles. The number of carbonyl (C=O) groups excluding carboxylic acids is 3. The van der Waals surface area contributed by atoms with Gasteiger partial charge in [-0.25, -0.2) is 0 Å². The maximum atomic E-state index is 12.8. The number of allylic oxidation sites excluding steroid dienone is 12. The molecular formula is C65H114O6. The summed E-state index contributed by atoms with van der Waals surface area (Å²) < 4.78 is 16.7. The first kappa shape index (κ1) is 67.8. The van der Waals surface area contributed by atoms with Crippen molar-refractivity contribution in [3.05, 3.63) is 72.9 Å². The van der Waals surface area contributed by atoms with Gasteiger partial charge in [-0.2, -0.15) is 0 Å². The third-order valence-electron chi connectivity index (χ3n) is 13.2. The summed E-state index contributed by atoms with van der Waals surface area (Å²) in [5, 5.41) is 0. The molecule has 0 aromatic heterocycles. The zero-order valence-corrected chi connectivity index (χ0v) is 47.0. The standard InChI is InChI=1S/C65H114O6/c1-4-7-10-13-16-19-21-23-25-27-29-30-31-32-33-34-35-37-38-40-42-44-46-49-52-55-58-64(67)70-61-62(60-69-63(66)57-54-51-48-18-15-12-9-6-3)71-65(68)59-56-53-50-47-45-43-41-39-36-28-26-24-22-20-17-14-11-8-5-2/h8,11,17,20,24,26,36,39,43,45,50,53,62H,4-7,9-10,12-16,18-19,21-23,25,27-35,37-38,40-42,44,46-49,51-52,54-61H2,1-3H3/b11-8-,20-17-,26-24-,39-36-,45-43-,53-50-. The Morgan fingerprint density at radius 2 is 0.549 bits per heavy atom. The number of carbonyl (C=O) groups is 3. The smallest absolute Gasteiger partial charge is 0.306 e. The van der Waals surface area contributed by atoms with Crippen molar-refractivity contribution in [1.29, 1.82) is 0 Å². The lowest BCUT2D eigenvalue weighted by molar-refractivity contribution is -0.166. The second kappa shape index (κ2) is 59.4. The Morgan fingerprint density at radius 3 is 0.831 bits per heavy atom. The minimum atomic E-state index is -0.812. The summed E-state index contributed by atoms with van der Waals surface area (Å²) in [7, 11) is 0. The Labute approximate surface area is 440 Å². The molecule has 71 heavy (non-hydrogen) atoms. The predicted octanol–water partition coefficient (Wildman–Crippen LogP) is 20.5. The first-order chi connectivity index (χ1) is 35.0. The monoisotopic (exact) mass is 991 g/mol. The van der Waals surface area contributed by atoms with Gasteiger partial charge in [-0.15, -0.1) is 0 Å². The fourth-order valence-electron chi connectivity index (χ4n) is 8.71. The summed E-state index contributed by atoms with van der Waals surface area (Å²) in [5.74, 6) is -0.981. The Bertz CT molecular complexity index is 1320. The lowest BCUT2D eigenvalue weighted by atomic mass is 10.0. The molecule has 0 saturated carbocycles. The molecule has 0 amide bonds. The minimum Gasteiger partial charge on any atom is -0.462 e. The summed E-state index contributed by atoms with van der Waals surface area (Å²) in [6.07, 6.45) is 76.6. The molecule has 0 heterocycles. The van der Waals surface area contributed by atoms with E-state index in [1.165, 1.54) is 180 Å². The van der Waals surface area contributed by atoms with Crippen LogP contribution in [0.5, 0.6) is 0 Å². The lowest BCUT2D eigenvalue weighted by Crippen LogP contribution is -2.30. The maximum absolute atomic E-state index is 12.8. The zero-order chi connectivity index (χ0) is 51.4. The molecule has 410 valence electrons. The predicted molar refractivity (Wildman–Crippen MR) is 307 cm³/mol. The fraction of sp³-hybridized carbons (Fsp3) is 0.769. The summed E-state index contributed by atoms with van der Waals surface area (Å²) >= 11 is 0. The van der Waals surface area contributed by atoms with Crippen molar-refractivity contribution in [2.45, 2.75) is 309 Å². The Kier molecular flexibility index (Phi) is 56.8. The molecule has 0 aromatic carbocycles. The van der Waals surface area contributed by atoms with Crippen LogP contribution in [0.3, 0.4) is 0 Å². The highest BCUT2D eigenvalue weighted by Gasteiger charge is 2.19. The number of hydrogen-bond donors (Lipinski definition) is 0. The van der Waals surface area contributed by atoms with Crippen LogP contribution in [0, 0.1) is 0 Å². The van der Waals surface area contributed by atoms with Gasteiger partial charge in [-0.3, -0.25) is 14.4 Å². The van der Waals surface area contributed by atoms with E-state index in [9.17, 15) is 14.4 Å². The van der Waals surface area contributed by atoms with Crippen LogP contribution < -0.4 is 0 Å². The van der Waals surface area contributed by atoms with Gasteiger partial charge >= 0.3 is 17.9 Å². The Morgan fingerprint density at radius 1 is 0.296 bits per heavy atom. The van der Waals surface area contributed by atoms with Gasteiger partial charge in [-0.1, -0.05) is 299 Å². The summed E-state index contributed by atoms with van der Waals surface area (Å²) in [6, 6.07) is 0. The van der Waals surface area contributed by atoms with Crippen molar-refractivity contribution in [2.75, 3.05) is 13.2 Å². The van der Waals surface area contributed by atoms with Gasteiger partial charge in [0.2, 0.25) is 0 Å².